The summed E-state index contributed by atoms with van der Waals surface area (Å²) in [6, 6.07) is 6.17. The van der Waals surface area contributed by atoms with E-state index in [0.717, 1.165) is 25.3 Å². The largest absolute Gasteiger partial charge is 0.466 e. The molecule has 9 heteroatoms. The third-order valence-corrected chi connectivity index (χ3v) is 7.85. The zero-order chi connectivity index (χ0) is 23.0. The van der Waals surface area contributed by atoms with Crippen molar-refractivity contribution in [1.29, 1.82) is 0 Å². The maximum atomic E-state index is 13.5. The van der Waals surface area contributed by atoms with E-state index in [9.17, 15) is 18.0 Å². The molecule has 1 aromatic rings. The monoisotopic (exact) mass is 450 g/mol. The Kier molecular flexibility index (Phi) is 6.21. The summed E-state index contributed by atoms with van der Waals surface area (Å²) in [5, 5.41) is 2.77. The number of benzene rings is 1. The zero-order valence-electron chi connectivity index (χ0n) is 18.6. The second-order valence-electron chi connectivity index (χ2n) is 9.49. The number of carbonyl (C=O) groups excluding carboxylic acids is 2. The van der Waals surface area contributed by atoms with Crippen LogP contribution in [-0.2, 0) is 29.1 Å². The number of carbonyl (C=O) groups is 2. The van der Waals surface area contributed by atoms with Crippen LogP contribution in [0.4, 0.5) is 5.69 Å². The van der Waals surface area contributed by atoms with Crippen molar-refractivity contribution in [2.75, 3.05) is 26.1 Å². The minimum absolute atomic E-state index is 0.0276. The number of hydrogen-bond acceptors (Lipinski definition) is 7. The summed E-state index contributed by atoms with van der Waals surface area (Å²) in [6.07, 6.45) is 3.64. The van der Waals surface area contributed by atoms with Gasteiger partial charge in [-0.15, -0.1) is 0 Å². The number of ether oxygens (including phenoxy) is 2. The van der Waals surface area contributed by atoms with Crippen molar-refractivity contribution in [3.63, 3.8) is 0 Å². The van der Waals surface area contributed by atoms with Crippen molar-refractivity contribution in [2.45, 2.75) is 51.0 Å². The van der Waals surface area contributed by atoms with Gasteiger partial charge >= 0.3 is 11.9 Å². The van der Waals surface area contributed by atoms with Gasteiger partial charge < -0.3 is 14.8 Å². The molecule has 1 aromatic carbocycles. The van der Waals surface area contributed by atoms with Crippen LogP contribution in [0.2, 0.25) is 0 Å². The van der Waals surface area contributed by atoms with Crippen LogP contribution in [0.1, 0.15) is 40.0 Å². The van der Waals surface area contributed by atoms with Crippen LogP contribution in [0.3, 0.4) is 0 Å². The quantitative estimate of drug-likeness (QED) is 0.525. The molecule has 2 aliphatic rings. The minimum Gasteiger partial charge on any atom is -0.466 e. The van der Waals surface area contributed by atoms with Gasteiger partial charge in [0.25, 0.3) is 0 Å². The van der Waals surface area contributed by atoms with Crippen LogP contribution >= 0.6 is 0 Å². The van der Waals surface area contributed by atoms with E-state index in [-0.39, 0.29) is 27.5 Å². The summed E-state index contributed by atoms with van der Waals surface area (Å²) in [6.45, 7) is 7.05. The maximum Gasteiger partial charge on any atom is 0.354 e. The molecule has 1 N–H and O–H groups in total. The van der Waals surface area contributed by atoms with Crippen LogP contribution in [0.25, 0.3) is 0 Å². The first-order valence-corrected chi connectivity index (χ1v) is 11.6. The number of rotatable bonds is 6. The molecule has 1 saturated heterocycles. The van der Waals surface area contributed by atoms with Crippen LogP contribution < -0.4 is 5.32 Å². The summed E-state index contributed by atoms with van der Waals surface area (Å²) in [7, 11) is -1.35. The molecule has 0 spiro atoms. The first-order chi connectivity index (χ1) is 14.4. The van der Waals surface area contributed by atoms with E-state index in [1.54, 1.807) is 16.4 Å². The van der Waals surface area contributed by atoms with Gasteiger partial charge in [0.05, 0.1) is 25.2 Å². The lowest BCUT2D eigenvalue weighted by Gasteiger charge is -2.39. The fraction of sp³-hybridized carbons (Fsp3) is 0.545. The van der Waals surface area contributed by atoms with Crippen LogP contribution in [0, 0.1) is 10.8 Å². The van der Waals surface area contributed by atoms with Gasteiger partial charge in [0.1, 0.15) is 5.70 Å². The smallest absolute Gasteiger partial charge is 0.354 e. The third kappa shape index (κ3) is 4.93. The number of hydrogen-bond donors (Lipinski definition) is 1. The lowest BCUT2D eigenvalue weighted by molar-refractivity contribution is -0.138. The Balaban J connectivity index is 1.89. The molecule has 2 bridgehead atoms. The standard InChI is InChI=1S/C22H30N2O6S/c1-21(2)11-16-12-22(3,13-21)14-24(16)31(27,28)17-8-6-7-15(9-17)23-18(20(26)30-5)10-19(25)29-4/h6-10,16,23H,11-14H2,1-5H3/b18-10+. The van der Waals surface area contributed by atoms with Gasteiger partial charge in [0.2, 0.25) is 10.0 Å². The maximum absolute atomic E-state index is 13.5. The first kappa shape index (κ1) is 23.3. The molecule has 1 saturated carbocycles. The third-order valence-electron chi connectivity index (χ3n) is 5.96. The van der Waals surface area contributed by atoms with E-state index in [1.807, 2.05) is 0 Å². The fourth-order valence-corrected chi connectivity index (χ4v) is 6.97. The van der Waals surface area contributed by atoms with Gasteiger partial charge in [-0.2, -0.15) is 4.31 Å². The molecule has 1 heterocycles. The molecular weight excluding hydrogens is 420 g/mol. The van der Waals surface area contributed by atoms with E-state index in [0.29, 0.717) is 12.2 Å². The average molecular weight is 451 g/mol. The highest BCUT2D eigenvalue weighted by atomic mass is 32.2. The predicted octanol–water partition coefficient (Wildman–Crippen LogP) is 2.92. The lowest BCUT2D eigenvalue weighted by atomic mass is 9.65. The van der Waals surface area contributed by atoms with Gasteiger partial charge in [-0.05, 0) is 48.3 Å². The van der Waals surface area contributed by atoms with Gasteiger partial charge in [0.15, 0.2) is 0 Å². The summed E-state index contributed by atoms with van der Waals surface area (Å²) in [5.74, 6) is -1.51. The molecule has 1 aliphatic carbocycles. The zero-order valence-corrected chi connectivity index (χ0v) is 19.4. The second kappa shape index (κ2) is 8.27. The molecular formula is C22H30N2O6S. The molecule has 31 heavy (non-hydrogen) atoms. The Morgan fingerprint density at radius 3 is 2.52 bits per heavy atom. The van der Waals surface area contributed by atoms with Crippen LogP contribution in [0.15, 0.2) is 40.9 Å². The van der Waals surface area contributed by atoms with Crippen molar-refractivity contribution in [2.24, 2.45) is 10.8 Å². The molecule has 0 aromatic heterocycles. The number of methoxy groups -OCH3 is 2. The molecule has 2 atom stereocenters. The lowest BCUT2D eigenvalue weighted by Crippen LogP contribution is -2.37. The van der Waals surface area contributed by atoms with E-state index in [1.165, 1.54) is 26.4 Å². The summed E-state index contributed by atoms with van der Waals surface area (Å²) < 4.78 is 37.9. The van der Waals surface area contributed by atoms with Crippen LogP contribution in [0.5, 0.6) is 0 Å². The molecule has 0 radical (unpaired) electrons. The molecule has 3 rings (SSSR count). The number of fused-ring (bicyclic) bond motifs is 2. The number of anilines is 1. The Bertz CT molecular complexity index is 1020. The van der Waals surface area contributed by atoms with Crippen molar-refractivity contribution in [1.82, 2.24) is 4.31 Å². The summed E-state index contributed by atoms with van der Waals surface area (Å²) in [4.78, 5) is 23.7. The van der Waals surface area contributed by atoms with Crippen LogP contribution in [-0.4, -0.2) is 51.5 Å². The topological polar surface area (TPSA) is 102 Å². The highest BCUT2D eigenvalue weighted by Crippen LogP contribution is 2.53. The Hall–Kier alpha value is -2.39. The van der Waals surface area contributed by atoms with E-state index in [4.69, 9.17) is 0 Å². The molecule has 2 fully saturated rings. The highest BCUT2D eigenvalue weighted by Gasteiger charge is 2.53. The average Bonchev–Trinajstić information content (AvgIpc) is 2.96. The number of esters is 2. The Morgan fingerprint density at radius 1 is 1.16 bits per heavy atom. The van der Waals surface area contributed by atoms with E-state index < -0.39 is 22.0 Å². The Labute approximate surface area is 183 Å². The molecule has 170 valence electrons. The van der Waals surface area contributed by atoms with Gasteiger partial charge in [-0.3, -0.25) is 0 Å². The van der Waals surface area contributed by atoms with Gasteiger partial charge in [-0.25, -0.2) is 18.0 Å². The van der Waals surface area contributed by atoms with E-state index >= 15 is 0 Å². The minimum atomic E-state index is -3.73. The summed E-state index contributed by atoms with van der Waals surface area (Å²) in [5.41, 5.74) is 0.251. The van der Waals surface area contributed by atoms with Crippen molar-refractivity contribution in [3.8, 4) is 0 Å². The number of nitrogens with zero attached hydrogens (tertiary/aromatic N) is 1. The molecule has 2 unspecified atom stereocenters. The Morgan fingerprint density at radius 2 is 1.87 bits per heavy atom. The van der Waals surface area contributed by atoms with Gasteiger partial charge in [-0.1, -0.05) is 26.8 Å². The van der Waals surface area contributed by atoms with Crippen molar-refractivity contribution >= 4 is 27.6 Å². The predicted molar refractivity (Wildman–Crippen MR) is 116 cm³/mol. The van der Waals surface area contributed by atoms with Crippen molar-refractivity contribution < 1.29 is 27.5 Å². The van der Waals surface area contributed by atoms with Gasteiger partial charge in [0, 0.05) is 18.3 Å². The van der Waals surface area contributed by atoms with Crippen molar-refractivity contribution in [3.05, 3.63) is 36.0 Å². The van der Waals surface area contributed by atoms with E-state index in [2.05, 4.69) is 35.6 Å². The SMILES string of the molecule is COC(=O)/C=C(/Nc1cccc(S(=O)(=O)N2CC3(C)CC2CC(C)(C)C3)c1)C(=O)OC. The highest BCUT2D eigenvalue weighted by molar-refractivity contribution is 7.89. The number of nitrogens with one attached hydrogen (secondary N) is 1. The normalized spacial score (nSPS) is 25.7. The number of sulfonamides is 1. The fourth-order valence-electron chi connectivity index (χ4n) is 5.15. The molecule has 8 nitrogen and oxygen atoms in total. The second-order valence-corrected chi connectivity index (χ2v) is 11.4. The summed E-state index contributed by atoms with van der Waals surface area (Å²) >= 11 is 0. The molecule has 1 aliphatic heterocycles. The first-order valence-electron chi connectivity index (χ1n) is 10.2. The molecule has 0 amide bonds.